The highest BCUT2D eigenvalue weighted by atomic mass is 35.5. The van der Waals surface area contributed by atoms with Gasteiger partial charge in [0.25, 0.3) is 5.91 Å². The molecule has 1 amide bonds. The fourth-order valence-corrected chi connectivity index (χ4v) is 7.85. The van der Waals surface area contributed by atoms with Crippen molar-refractivity contribution in [2.45, 2.75) is 69.8 Å². The van der Waals surface area contributed by atoms with Gasteiger partial charge >= 0.3 is 0 Å². The van der Waals surface area contributed by atoms with Gasteiger partial charge in [-0.2, -0.15) is 0 Å². The van der Waals surface area contributed by atoms with E-state index in [1.807, 2.05) is 30.4 Å². The molecule has 3 aliphatic rings. The second-order valence-electron chi connectivity index (χ2n) is 12.2. The van der Waals surface area contributed by atoms with E-state index in [0.717, 1.165) is 56.4 Å². The van der Waals surface area contributed by atoms with Crippen LogP contribution in [0, 0.1) is 17.8 Å². The third-order valence-corrected chi connectivity index (χ3v) is 11.3. The summed E-state index contributed by atoms with van der Waals surface area (Å²) < 4.78 is 41.2. The van der Waals surface area contributed by atoms with Crippen LogP contribution < -0.4 is 14.4 Å². The first-order valence-electron chi connectivity index (χ1n) is 15.4. The summed E-state index contributed by atoms with van der Waals surface area (Å²) in [5.74, 6) is 0.521. The molecule has 43 heavy (non-hydrogen) atoms. The van der Waals surface area contributed by atoms with Crippen molar-refractivity contribution in [3.05, 3.63) is 70.3 Å². The number of aliphatic hydroxyl groups excluding tert-OH is 1. The van der Waals surface area contributed by atoms with Gasteiger partial charge in [0.15, 0.2) is 0 Å². The number of allylic oxidation sites excluding steroid dienone is 1. The predicted molar refractivity (Wildman–Crippen MR) is 169 cm³/mol. The van der Waals surface area contributed by atoms with Crippen molar-refractivity contribution < 1.29 is 27.8 Å². The maximum Gasteiger partial charge on any atom is 0.264 e. The molecule has 10 heteroatoms. The number of hydrogen-bond donors (Lipinski definition) is 2. The molecule has 2 aromatic carbocycles. The number of aliphatic hydroxyl groups is 1. The van der Waals surface area contributed by atoms with E-state index in [1.165, 1.54) is 5.56 Å². The Labute approximate surface area is 260 Å². The number of anilines is 1. The number of ether oxygens (including phenoxy) is 2. The van der Waals surface area contributed by atoms with Crippen LogP contribution >= 0.6 is 11.6 Å². The average molecular weight is 631 g/mol. The first-order chi connectivity index (χ1) is 20.7. The van der Waals surface area contributed by atoms with Crippen molar-refractivity contribution in [3.63, 3.8) is 0 Å². The molecule has 1 aliphatic carbocycles. The lowest BCUT2D eigenvalue weighted by atomic mass is 9.70. The summed E-state index contributed by atoms with van der Waals surface area (Å²) in [4.78, 5) is 15.7. The number of methoxy groups -OCH3 is 1. The number of hydrogen-bond acceptors (Lipinski definition) is 7. The molecule has 5 atom stereocenters. The van der Waals surface area contributed by atoms with Gasteiger partial charge in [-0.15, -0.1) is 0 Å². The third-order valence-electron chi connectivity index (χ3n) is 9.33. The van der Waals surface area contributed by atoms with E-state index in [9.17, 15) is 18.3 Å². The summed E-state index contributed by atoms with van der Waals surface area (Å²) in [5.41, 5.74) is 3.31. The lowest BCUT2D eigenvalue weighted by Crippen LogP contribution is -2.44. The number of sulfonamides is 1. The molecule has 0 unspecified atom stereocenters. The Hall–Kier alpha value is -2.59. The summed E-state index contributed by atoms with van der Waals surface area (Å²) in [6.45, 7) is 3.45. The molecule has 0 spiro atoms. The first kappa shape index (κ1) is 31.8. The fraction of sp³-hybridized carbons (Fsp3) is 0.545. The summed E-state index contributed by atoms with van der Waals surface area (Å²) in [7, 11) is -2.25. The van der Waals surface area contributed by atoms with Gasteiger partial charge in [0, 0.05) is 37.4 Å². The van der Waals surface area contributed by atoms with Crippen LogP contribution in [0.5, 0.6) is 5.75 Å². The molecule has 0 radical (unpaired) electrons. The van der Waals surface area contributed by atoms with Gasteiger partial charge in [-0.1, -0.05) is 29.8 Å². The molecule has 2 bridgehead atoms. The van der Waals surface area contributed by atoms with Crippen LogP contribution in [0.15, 0.2) is 48.6 Å². The van der Waals surface area contributed by atoms with E-state index in [1.54, 1.807) is 32.2 Å². The molecule has 8 nitrogen and oxygen atoms in total. The zero-order valence-corrected chi connectivity index (χ0v) is 26.6. The van der Waals surface area contributed by atoms with Gasteiger partial charge < -0.3 is 19.5 Å². The molecular weight excluding hydrogens is 588 g/mol. The second-order valence-corrected chi connectivity index (χ2v) is 14.7. The lowest BCUT2D eigenvalue weighted by molar-refractivity contribution is 0.0132. The molecule has 2 aliphatic heterocycles. The normalized spacial score (nSPS) is 28.6. The van der Waals surface area contributed by atoms with Gasteiger partial charge in [0.2, 0.25) is 10.0 Å². The van der Waals surface area contributed by atoms with Gasteiger partial charge in [0.1, 0.15) is 12.4 Å². The van der Waals surface area contributed by atoms with Crippen molar-refractivity contribution in [1.82, 2.24) is 4.72 Å². The summed E-state index contributed by atoms with van der Waals surface area (Å²) in [6.07, 6.45) is 9.56. The number of nitrogens with one attached hydrogen (secondary N) is 1. The highest BCUT2D eigenvalue weighted by Crippen LogP contribution is 2.42. The van der Waals surface area contributed by atoms with E-state index in [4.69, 9.17) is 21.1 Å². The zero-order valence-electron chi connectivity index (χ0n) is 25.0. The van der Waals surface area contributed by atoms with Gasteiger partial charge in [-0.25, -0.2) is 13.1 Å². The van der Waals surface area contributed by atoms with Crippen LogP contribution in [0.1, 0.15) is 66.9 Å². The number of halogens is 1. The number of amides is 1. The smallest absolute Gasteiger partial charge is 0.264 e. The standard InChI is InChI=1S/C33H43ClN2O6S/c1-22-17-23(14-16-37)6-12-31(41-2)29-11-8-26(29)20-36-15-4-3-5-24-18-28(34)10-7-27(24)21-42-32-13-9-25(19-30(32)36)33(38)35-43(22,39)40/h6-7,9-10,12-13,18-19,22-23,26,29,31,37H,3-5,8,11,14-17,20-21H2,1-2H3,(H,35,38)/b12-6+/t22-,23-,26+,29-,31+/m1/s1. The van der Waals surface area contributed by atoms with Gasteiger partial charge in [-0.05, 0) is 111 Å². The van der Waals surface area contributed by atoms with Crippen LogP contribution in [-0.2, 0) is 27.8 Å². The van der Waals surface area contributed by atoms with Crippen molar-refractivity contribution in [1.29, 1.82) is 0 Å². The Bertz CT molecular complexity index is 1430. The van der Waals surface area contributed by atoms with Crippen molar-refractivity contribution in [2.24, 2.45) is 17.8 Å². The van der Waals surface area contributed by atoms with Crippen LogP contribution in [0.2, 0.25) is 5.02 Å². The average Bonchev–Trinajstić information content (AvgIpc) is 2.99. The van der Waals surface area contributed by atoms with Crippen molar-refractivity contribution >= 4 is 33.2 Å². The number of benzene rings is 2. The molecule has 0 aromatic heterocycles. The van der Waals surface area contributed by atoms with E-state index in [-0.39, 0.29) is 30.6 Å². The number of fused-ring (bicyclic) bond motifs is 3. The quantitative estimate of drug-likeness (QED) is 0.431. The zero-order chi connectivity index (χ0) is 30.6. The summed E-state index contributed by atoms with van der Waals surface area (Å²) in [5, 5.41) is 9.53. The number of nitrogens with zero attached hydrogens (tertiary/aromatic N) is 1. The molecule has 1 fully saturated rings. The number of carbonyl (C=O) groups excluding carboxylic acids is 1. The van der Waals surface area contributed by atoms with Gasteiger partial charge in [0.05, 0.1) is 17.0 Å². The van der Waals surface area contributed by atoms with Crippen LogP contribution in [0.4, 0.5) is 5.69 Å². The minimum Gasteiger partial charge on any atom is -0.487 e. The molecule has 1 saturated carbocycles. The number of rotatable bonds is 3. The van der Waals surface area contributed by atoms with Crippen LogP contribution in [-0.4, -0.2) is 57.6 Å². The fourth-order valence-electron chi connectivity index (χ4n) is 6.58. The van der Waals surface area contributed by atoms with E-state index >= 15 is 0 Å². The topological polar surface area (TPSA) is 105 Å². The maximum absolute atomic E-state index is 13.4. The Balaban J connectivity index is 1.54. The maximum atomic E-state index is 13.4. The van der Waals surface area contributed by atoms with Crippen molar-refractivity contribution in [3.8, 4) is 5.75 Å². The van der Waals surface area contributed by atoms with Crippen molar-refractivity contribution in [2.75, 3.05) is 31.7 Å². The Kier molecular flexibility index (Phi) is 10.4. The van der Waals surface area contributed by atoms with Crippen LogP contribution in [0.3, 0.4) is 0 Å². The lowest BCUT2D eigenvalue weighted by Gasteiger charge is -2.43. The van der Waals surface area contributed by atoms with E-state index in [2.05, 4.69) is 9.62 Å². The molecular formula is C33H43ClN2O6S. The first-order valence-corrected chi connectivity index (χ1v) is 17.3. The third kappa shape index (κ3) is 7.56. The Morgan fingerprint density at radius 3 is 2.70 bits per heavy atom. The molecule has 2 N–H and O–H groups in total. The molecule has 2 aromatic rings. The second kappa shape index (κ2) is 14.0. The van der Waals surface area contributed by atoms with Gasteiger partial charge in [-0.3, -0.25) is 4.79 Å². The predicted octanol–water partition coefficient (Wildman–Crippen LogP) is 5.51. The molecule has 2 heterocycles. The van der Waals surface area contributed by atoms with E-state index < -0.39 is 21.2 Å². The minimum absolute atomic E-state index is 0.0535. The molecule has 234 valence electrons. The minimum atomic E-state index is -3.97. The molecule has 5 rings (SSSR count). The Morgan fingerprint density at radius 1 is 1.12 bits per heavy atom. The Morgan fingerprint density at radius 2 is 1.95 bits per heavy atom. The largest absolute Gasteiger partial charge is 0.487 e. The monoisotopic (exact) mass is 630 g/mol. The highest BCUT2D eigenvalue weighted by molar-refractivity contribution is 7.90. The summed E-state index contributed by atoms with van der Waals surface area (Å²) >= 11 is 6.32. The number of carbonyl (C=O) groups is 1. The SMILES string of the molecule is CO[C@H]1/C=C/[C@H](CCO)C[C@@H](C)S(=O)(=O)NC(=O)c2ccc3c(c2)N(CCCCc2cc(Cl)ccc2CO3)C[C@@H]2CC[C@H]21. The molecule has 0 saturated heterocycles. The number of aryl methyl sites for hydroxylation is 1. The summed E-state index contributed by atoms with van der Waals surface area (Å²) in [6, 6.07) is 11.1. The van der Waals surface area contributed by atoms with Crippen LogP contribution in [0.25, 0.3) is 0 Å². The van der Waals surface area contributed by atoms with E-state index in [0.29, 0.717) is 35.6 Å². The highest BCUT2D eigenvalue weighted by Gasteiger charge is 2.38.